The van der Waals surface area contributed by atoms with Crippen molar-refractivity contribution in [2.24, 2.45) is 0 Å². The first-order valence-electron chi connectivity index (χ1n) is 5.76. The lowest BCUT2D eigenvalue weighted by Crippen LogP contribution is -2.12. The number of nitriles is 1. The molecule has 0 saturated heterocycles. The Morgan fingerprint density at radius 3 is 2.48 bits per heavy atom. The Bertz CT molecular complexity index is 751. The average Bonchev–Trinajstić information content (AvgIpc) is 2.49. The van der Waals surface area contributed by atoms with Crippen LogP contribution >= 0.6 is 15.9 Å². The van der Waals surface area contributed by atoms with E-state index in [9.17, 15) is 14.9 Å². The summed E-state index contributed by atoms with van der Waals surface area (Å²) >= 11 is 3.24. The lowest BCUT2D eigenvalue weighted by Gasteiger charge is -2.07. The number of nitrogens with zero attached hydrogens (tertiary/aromatic N) is 2. The number of carbonyl (C=O) groups is 1. The second-order valence-electron chi connectivity index (χ2n) is 4.06. The van der Waals surface area contributed by atoms with E-state index in [0.29, 0.717) is 11.3 Å². The number of hydrogen-bond donors (Lipinski definition) is 1. The summed E-state index contributed by atoms with van der Waals surface area (Å²) in [6, 6.07) is 12.1. The highest BCUT2D eigenvalue weighted by atomic mass is 79.9. The highest BCUT2D eigenvalue weighted by Crippen LogP contribution is 2.21. The lowest BCUT2D eigenvalue weighted by atomic mass is 10.1. The van der Waals surface area contributed by atoms with Gasteiger partial charge in [-0.05, 0) is 30.3 Å². The topological polar surface area (TPSA) is 96.0 Å². The monoisotopic (exact) mass is 345 g/mol. The highest BCUT2D eigenvalue weighted by Gasteiger charge is 2.11. The van der Waals surface area contributed by atoms with E-state index in [2.05, 4.69) is 21.2 Å². The van der Waals surface area contributed by atoms with Crippen molar-refractivity contribution >= 4 is 33.2 Å². The molecule has 0 spiro atoms. The van der Waals surface area contributed by atoms with Gasteiger partial charge in [0.15, 0.2) is 0 Å². The number of nitrogens with one attached hydrogen (secondary N) is 1. The van der Waals surface area contributed by atoms with E-state index in [1.54, 1.807) is 18.2 Å². The van der Waals surface area contributed by atoms with Crippen LogP contribution in [0, 0.1) is 21.4 Å². The summed E-state index contributed by atoms with van der Waals surface area (Å²) in [6.45, 7) is 0. The zero-order valence-corrected chi connectivity index (χ0v) is 12.1. The van der Waals surface area contributed by atoms with E-state index in [1.807, 2.05) is 6.07 Å². The van der Waals surface area contributed by atoms with Crippen LogP contribution in [0.15, 0.2) is 46.9 Å². The van der Waals surface area contributed by atoms with Crippen molar-refractivity contribution in [3.05, 3.63) is 68.2 Å². The molecule has 0 radical (unpaired) electrons. The molecule has 0 atom stereocenters. The van der Waals surface area contributed by atoms with Crippen LogP contribution in [-0.2, 0) is 0 Å². The minimum atomic E-state index is -0.538. The largest absolute Gasteiger partial charge is 0.321 e. The summed E-state index contributed by atoms with van der Waals surface area (Å²) in [4.78, 5) is 22.1. The molecule has 2 aromatic carbocycles. The predicted molar refractivity (Wildman–Crippen MR) is 79.9 cm³/mol. The number of rotatable bonds is 3. The summed E-state index contributed by atoms with van der Waals surface area (Å²) in [5, 5.41) is 22.2. The van der Waals surface area contributed by atoms with Gasteiger partial charge in [0.25, 0.3) is 11.6 Å². The third-order valence-corrected chi connectivity index (χ3v) is 3.18. The van der Waals surface area contributed by atoms with Crippen molar-refractivity contribution in [1.82, 2.24) is 0 Å². The van der Waals surface area contributed by atoms with Gasteiger partial charge in [0.05, 0.1) is 16.2 Å². The maximum absolute atomic E-state index is 12.0. The van der Waals surface area contributed by atoms with Gasteiger partial charge in [-0.2, -0.15) is 5.26 Å². The third kappa shape index (κ3) is 3.43. The molecule has 0 aromatic heterocycles. The molecule has 0 bridgehead atoms. The Labute approximate surface area is 128 Å². The lowest BCUT2D eigenvalue weighted by molar-refractivity contribution is -0.384. The van der Waals surface area contributed by atoms with Gasteiger partial charge in [-0.3, -0.25) is 14.9 Å². The Kier molecular flexibility index (Phi) is 4.30. The van der Waals surface area contributed by atoms with Crippen molar-refractivity contribution in [3.8, 4) is 6.07 Å². The van der Waals surface area contributed by atoms with Gasteiger partial charge in [-0.15, -0.1) is 0 Å². The SMILES string of the molecule is N#Cc1cc(Br)ccc1NC(=O)c1ccc([N+](=O)[O-])cc1. The van der Waals surface area contributed by atoms with E-state index in [4.69, 9.17) is 5.26 Å². The van der Waals surface area contributed by atoms with Gasteiger partial charge in [0.1, 0.15) is 6.07 Å². The molecule has 2 rings (SSSR count). The molecule has 0 aliphatic heterocycles. The minimum absolute atomic E-state index is 0.0899. The number of nitro groups is 1. The molecule has 7 heteroatoms. The van der Waals surface area contributed by atoms with Gasteiger partial charge < -0.3 is 5.32 Å². The fourth-order valence-corrected chi connectivity index (χ4v) is 2.01. The number of nitro benzene ring substituents is 1. The van der Waals surface area contributed by atoms with Crippen molar-refractivity contribution < 1.29 is 9.72 Å². The minimum Gasteiger partial charge on any atom is -0.321 e. The average molecular weight is 346 g/mol. The number of anilines is 1. The van der Waals surface area contributed by atoms with Gasteiger partial charge in [-0.25, -0.2) is 0 Å². The second-order valence-corrected chi connectivity index (χ2v) is 4.98. The normalized spacial score (nSPS) is 9.71. The maximum Gasteiger partial charge on any atom is 0.269 e. The van der Waals surface area contributed by atoms with Crippen LogP contribution in [0.4, 0.5) is 11.4 Å². The van der Waals surface area contributed by atoms with Crippen LogP contribution in [0.1, 0.15) is 15.9 Å². The summed E-state index contributed by atoms with van der Waals surface area (Å²) in [5.41, 5.74) is 0.879. The first-order chi connectivity index (χ1) is 10.0. The second kappa shape index (κ2) is 6.15. The zero-order valence-electron chi connectivity index (χ0n) is 10.5. The van der Waals surface area contributed by atoms with Crippen LogP contribution < -0.4 is 5.32 Å². The van der Waals surface area contributed by atoms with Crippen LogP contribution in [0.5, 0.6) is 0 Å². The molecule has 0 saturated carbocycles. The molecule has 0 fully saturated rings. The molecule has 0 heterocycles. The fraction of sp³-hybridized carbons (Fsp3) is 0. The Hall–Kier alpha value is -2.72. The summed E-state index contributed by atoms with van der Waals surface area (Å²) in [6.07, 6.45) is 0. The first kappa shape index (κ1) is 14.7. The van der Waals surface area contributed by atoms with E-state index < -0.39 is 10.8 Å². The maximum atomic E-state index is 12.0. The first-order valence-corrected chi connectivity index (χ1v) is 6.56. The van der Waals surface area contributed by atoms with Crippen LogP contribution in [0.3, 0.4) is 0 Å². The number of amides is 1. The molecule has 0 unspecified atom stereocenters. The number of halogens is 1. The van der Waals surface area contributed by atoms with Crippen molar-refractivity contribution in [1.29, 1.82) is 5.26 Å². The molecule has 21 heavy (non-hydrogen) atoms. The number of non-ortho nitro benzene ring substituents is 1. The number of carbonyl (C=O) groups excluding carboxylic acids is 1. The predicted octanol–water partition coefficient (Wildman–Crippen LogP) is 3.48. The summed E-state index contributed by atoms with van der Waals surface area (Å²) in [7, 11) is 0. The molecule has 0 aliphatic rings. The molecule has 104 valence electrons. The number of hydrogen-bond acceptors (Lipinski definition) is 4. The zero-order chi connectivity index (χ0) is 15.4. The Balaban J connectivity index is 2.22. The fourth-order valence-electron chi connectivity index (χ4n) is 1.65. The highest BCUT2D eigenvalue weighted by molar-refractivity contribution is 9.10. The molecular weight excluding hydrogens is 338 g/mol. The summed E-state index contributed by atoms with van der Waals surface area (Å²) < 4.78 is 0.729. The molecule has 1 amide bonds. The van der Waals surface area contributed by atoms with E-state index in [1.165, 1.54) is 24.3 Å². The van der Waals surface area contributed by atoms with Crippen LogP contribution in [0.25, 0.3) is 0 Å². The molecular formula is C14H8BrN3O3. The summed E-state index contributed by atoms with van der Waals surface area (Å²) in [5.74, 6) is -0.441. The van der Waals surface area contributed by atoms with Crippen molar-refractivity contribution in [2.45, 2.75) is 0 Å². The van der Waals surface area contributed by atoms with E-state index >= 15 is 0 Å². The van der Waals surface area contributed by atoms with Gasteiger partial charge in [-0.1, -0.05) is 15.9 Å². The quantitative estimate of drug-likeness (QED) is 0.680. The van der Waals surface area contributed by atoms with Crippen LogP contribution in [0.2, 0.25) is 0 Å². The standard InChI is InChI=1S/C14H8BrN3O3/c15-11-3-6-13(10(7-11)8-16)17-14(19)9-1-4-12(5-2-9)18(20)21/h1-7H,(H,17,19). The molecule has 6 nitrogen and oxygen atoms in total. The molecule has 0 aliphatic carbocycles. The third-order valence-electron chi connectivity index (χ3n) is 2.69. The van der Waals surface area contributed by atoms with E-state index in [-0.39, 0.29) is 11.3 Å². The van der Waals surface area contributed by atoms with Crippen LogP contribution in [-0.4, -0.2) is 10.8 Å². The Morgan fingerprint density at radius 2 is 1.90 bits per heavy atom. The molecule has 2 aromatic rings. The molecule has 1 N–H and O–H groups in total. The smallest absolute Gasteiger partial charge is 0.269 e. The number of benzene rings is 2. The van der Waals surface area contributed by atoms with E-state index in [0.717, 1.165) is 4.47 Å². The van der Waals surface area contributed by atoms with Gasteiger partial charge in [0.2, 0.25) is 0 Å². The van der Waals surface area contributed by atoms with Crippen molar-refractivity contribution in [3.63, 3.8) is 0 Å². The van der Waals surface area contributed by atoms with Gasteiger partial charge in [0, 0.05) is 22.2 Å². The van der Waals surface area contributed by atoms with Gasteiger partial charge >= 0.3 is 0 Å². The Morgan fingerprint density at radius 1 is 1.24 bits per heavy atom. The van der Waals surface area contributed by atoms with Crippen molar-refractivity contribution in [2.75, 3.05) is 5.32 Å².